The fourth-order valence-corrected chi connectivity index (χ4v) is 1.73. The average molecular weight is 264 g/mol. The highest BCUT2D eigenvalue weighted by atomic mass is 15.1. The molecular weight excluding hydrogens is 236 g/mol. The van der Waals surface area contributed by atoms with Crippen LogP contribution in [0.2, 0.25) is 0 Å². The molecule has 1 heterocycles. The number of rotatable bonds is 8. The lowest BCUT2D eigenvalue weighted by Crippen LogP contribution is -2.10. The second kappa shape index (κ2) is 7.97. The van der Waals surface area contributed by atoms with E-state index >= 15 is 0 Å². The second-order valence-electron chi connectivity index (χ2n) is 5.90. The fraction of sp³-hybridized carbons (Fsp3) is 0.733. The van der Waals surface area contributed by atoms with Crippen LogP contribution in [-0.4, -0.2) is 23.1 Å². The van der Waals surface area contributed by atoms with Gasteiger partial charge in [0, 0.05) is 19.2 Å². The van der Waals surface area contributed by atoms with E-state index in [1.165, 1.54) is 0 Å². The molecule has 0 spiro atoms. The molecule has 0 saturated heterocycles. The van der Waals surface area contributed by atoms with Gasteiger partial charge in [-0.15, -0.1) is 0 Å². The summed E-state index contributed by atoms with van der Waals surface area (Å²) in [6, 6.07) is 1.99. The van der Waals surface area contributed by atoms with Gasteiger partial charge in [0.25, 0.3) is 0 Å². The molecule has 1 aromatic rings. The first-order valence-electron chi connectivity index (χ1n) is 7.30. The molecule has 4 heteroatoms. The van der Waals surface area contributed by atoms with Crippen molar-refractivity contribution >= 4 is 11.6 Å². The molecule has 1 aromatic heterocycles. The van der Waals surface area contributed by atoms with Crippen LogP contribution < -0.4 is 10.6 Å². The monoisotopic (exact) mass is 264 g/mol. The predicted molar refractivity (Wildman–Crippen MR) is 82.7 cm³/mol. The van der Waals surface area contributed by atoms with Gasteiger partial charge >= 0.3 is 0 Å². The summed E-state index contributed by atoms with van der Waals surface area (Å²) in [6.45, 7) is 12.8. The highest BCUT2D eigenvalue weighted by molar-refractivity contribution is 5.47. The molecule has 2 N–H and O–H groups in total. The van der Waals surface area contributed by atoms with Gasteiger partial charge in [0.2, 0.25) is 0 Å². The lowest BCUT2D eigenvalue weighted by atomic mass is 10.1. The summed E-state index contributed by atoms with van der Waals surface area (Å²) < 4.78 is 0. The van der Waals surface area contributed by atoms with Crippen molar-refractivity contribution in [3.63, 3.8) is 0 Å². The van der Waals surface area contributed by atoms with E-state index in [0.29, 0.717) is 11.8 Å². The molecule has 1 rings (SSSR count). The van der Waals surface area contributed by atoms with Gasteiger partial charge in [-0.25, -0.2) is 9.97 Å². The van der Waals surface area contributed by atoms with Gasteiger partial charge in [0.15, 0.2) is 0 Å². The van der Waals surface area contributed by atoms with Crippen LogP contribution in [0.5, 0.6) is 0 Å². The Labute approximate surface area is 117 Å². The smallest absolute Gasteiger partial charge is 0.131 e. The number of nitrogens with zero attached hydrogens (tertiary/aromatic N) is 2. The summed E-state index contributed by atoms with van der Waals surface area (Å²) in [4.78, 5) is 8.82. The molecule has 19 heavy (non-hydrogen) atoms. The van der Waals surface area contributed by atoms with E-state index in [9.17, 15) is 0 Å². The Hall–Kier alpha value is -1.32. The maximum Gasteiger partial charge on any atom is 0.131 e. The first kappa shape index (κ1) is 15.7. The van der Waals surface area contributed by atoms with Crippen molar-refractivity contribution in [2.24, 2.45) is 11.8 Å². The maximum absolute atomic E-state index is 4.41. The number of hydrogen-bond acceptors (Lipinski definition) is 4. The summed E-state index contributed by atoms with van der Waals surface area (Å²) in [5, 5.41) is 6.73. The third-order valence-corrected chi connectivity index (χ3v) is 2.89. The molecule has 0 fully saturated rings. The first-order chi connectivity index (χ1) is 8.97. The molecular formula is C15H28N4. The normalized spacial score (nSPS) is 11.1. The standard InChI is InChI=1S/C15H28N4/c1-11(2)6-8-16-14-10-15(19-13(5)18-14)17-9-7-12(3)4/h10-12H,6-9H2,1-5H3,(H2,16,17,18,19). The molecule has 0 saturated carbocycles. The molecule has 0 atom stereocenters. The third-order valence-electron chi connectivity index (χ3n) is 2.89. The van der Waals surface area contributed by atoms with E-state index < -0.39 is 0 Å². The summed E-state index contributed by atoms with van der Waals surface area (Å²) in [6.07, 6.45) is 2.30. The van der Waals surface area contributed by atoms with Crippen LogP contribution in [0.1, 0.15) is 46.4 Å². The van der Waals surface area contributed by atoms with E-state index in [-0.39, 0.29) is 0 Å². The number of anilines is 2. The van der Waals surface area contributed by atoms with E-state index in [1.807, 2.05) is 13.0 Å². The summed E-state index contributed by atoms with van der Waals surface area (Å²) in [5.41, 5.74) is 0. The minimum absolute atomic E-state index is 0.707. The van der Waals surface area contributed by atoms with Crippen molar-refractivity contribution in [3.05, 3.63) is 11.9 Å². The fourth-order valence-electron chi connectivity index (χ4n) is 1.73. The van der Waals surface area contributed by atoms with Gasteiger partial charge in [0.1, 0.15) is 17.5 Å². The Morgan fingerprint density at radius 2 is 1.32 bits per heavy atom. The first-order valence-corrected chi connectivity index (χ1v) is 7.30. The van der Waals surface area contributed by atoms with Crippen molar-refractivity contribution in [2.45, 2.75) is 47.5 Å². The topological polar surface area (TPSA) is 49.8 Å². The Kier molecular flexibility index (Phi) is 6.60. The molecule has 0 aromatic carbocycles. The highest BCUT2D eigenvalue weighted by Gasteiger charge is 2.02. The van der Waals surface area contributed by atoms with Crippen molar-refractivity contribution in [1.29, 1.82) is 0 Å². The van der Waals surface area contributed by atoms with Crippen molar-refractivity contribution in [3.8, 4) is 0 Å². The number of aryl methyl sites for hydroxylation is 1. The van der Waals surface area contributed by atoms with Gasteiger partial charge in [-0.3, -0.25) is 0 Å². The van der Waals surface area contributed by atoms with Crippen molar-refractivity contribution in [2.75, 3.05) is 23.7 Å². The van der Waals surface area contributed by atoms with Gasteiger partial charge in [0.05, 0.1) is 0 Å². The molecule has 0 aliphatic heterocycles. The van der Waals surface area contributed by atoms with Crippen LogP contribution in [0.3, 0.4) is 0 Å². The van der Waals surface area contributed by atoms with Gasteiger partial charge < -0.3 is 10.6 Å². The zero-order chi connectivity index (χ0) is 14.3. The molecule has 0 aliphatic rings. The number of hydrogen-bond donors (Lipinski definition) is 2. The lowest BCUT2D eigenvalue weighted by Gasteiger charge is -2.11. The Bertz CT molecular complexity index is 342. The van der Waals surface area contributed by atoms with Crippen LogP contribution in [0.15, 0.2) is 6.07 Å². The second-order valence-corrected chi connectivity index (χ2v) is 5.90. The largest absolute Gasteiger partial charge is 0.370 e. The summed E-state index contributed by atoms with van der Waals surface area (Å²) in [7, 11) is 0. The molecule has 0 unspecified atom stereocenters. The maximum atomic E-state index is 4.41. The number of aromatic nitrogens is 2. The van der Waals surface area contributed by atoms with Crippen LogP contribution in [0, 0.1) is 18.8 Å². The number of nitrogens with one attached hydrogen (secondary N) is 2. The van der Waals surface area contributed by atoms with Crippen molar-refractivity contribution < 1.29 is 0 Å². The molecule has 0 amide bonds. The van der Waals surface area contributed by atoms with Gasteiger partial charge in [-0.05, 0) is 31.6 Å². The Morgan fingerprint density at radius 3 is 1.68 bits per heavy atom. The van der Waals surface area contributed by atoms with E-state index in [2.05, 4.69) is 48.3 Å². The zero-order valence-corrected chi connectivity index (χ0v) is 13.0. The van der Waals surface area contributed by atoms with E-state index in [1.54, 1.807) is 0 Å². The predicted octanol–water partition coefficient (Wildman–Crippen LogP) is 3.70. The van der Waals surface area contributed by atoms with Crippen LogP contribution >= 0.6 is 0 Å². The molecule has 4 nitrogen and oxygen atoms in total. The summed E-state index contributed by atoms with van der Waals surface area (Å²) >= 11 is 0. The SMILES string of the molecule is Cc1nc(NCCC(C)C)cc(NCCC(C)C)n1. The van der Waals surface area contributed by atoms with Crippen molar-refractivity contribution in [1.82, 2.24) is 9.97 Å². The molecule has 0 bridgehead atoms. The zero-order valence-electron chi connectivity index (χ0n) is 13.0. The van der Waals surface area contributed by atoms with E-state index in [4.69, 9.17) is 0 Å². The van der Waals surface area contributed by atoms with Crippen LogP contribution in [-0.2, 0) is 0 Å². The minimum atomic E-state index is 0.707. The van der Waals surface area contributed by atoms with Gasteiger partial charge in [-0.1, -0.05) is 27.7 Å². The Morgan fingerprint density at radius 1 is 0.895 bits per heavy atom. The van der Waals surface area contributed by atoms with Crippen LogP contribution in [0.4, 0.5) is 11.6 Å². The minimum Gasteiger partial charge on any atom is -0.370 e. The van der Waals surface area contributed by atoms with Crippen LogP contribution in [0.25, 0.3) is 0 Å². The quantitative estimate of drug-likeness (QED) is 0.751. The molecule has 108 valence electrons. The van der Waals surface area contributed by atoms with E-state index in [0.717, 1.165) is 43.4 Å². The highest BCUT2D eigenvalue weighted by Crippen LogP contribution is 2.12. The lowest BCUT2D eigenvalue weighted by molar-refractivity contribution is 0.605. The molecule has 0 radical (unpaired) electrons. The van der Waals surface area contributed by atoms with Gasteiger partial charge in [-0.2, -0.15) is 0 Å². The summed E-state index contributed by atoms with van der Waals surface area (Å²) in [5.74, 6) is 4.06. The Balaban J connectivity index is 2.51. The molecule has 0 aliphatic carbocycles. The third kappa shape index (κ3) is 6.99. The average Bonchev–Trinajstić information content (AvgIpc) is 2.27.